The molecule has 0 aliphatic heterocycles. The number of anilines is 1. The van der Waals surface area contributed by atoms with Crippen LogP contribution in [0.15, 0.2) is 30.5 Å². The van der Waals surface area contributed by atoms with E-state index in [2.05, 4.69) is 41.1 Å². The summed E-state index contributed by atoms with van der Waals surface area (Å²) in [5, 5.41) is 1.11. The molecule has 0 aliphatic rings. The van der Waals surface area contributed by atoms with Gasteiger partial charge in [-0.3, -0.25) is 0 Å². The van der Waals surface area contributed by atoms with Gasteiger partial charge in [-0.1, -0.05) is 6.92 Å². The minimum Gasteiger partial charge on any atom is -0.378 e. The third-order valence-electron chi connectivity index (χ3n) is 2.53. The Kier molecular flexibility index (Phi) is 3.25. The number of benzene rings is 1. The van der Waals surface area contributed by atoms with Gasteiger partial charge in [-0.05, 0) is 30.7 Å². The summed E-state index contributed by atoms with van der Waals surface area (Å²) >= 11 is 1.78. The van der Waals surface area contributed by atoms with Gasteiger partial charge in [-0.2, -0.15) is 0 Å². The first-order chi connectivity index (χ1) is 7.70. The zero-order chi connectivity index (χ0) is 11.5. The summed E-state index contributed by atoms with van der Waals surface area (Å²) in [4.78, 5) is 7.88. The molecule has 2 nitrogen and oxygen atoms in total. The summed E-state index contributed by atoms with van der Waals surface area (Å²) in [6, 6.07) is 8.52. The third kappa shape index (κ3) is 2.25. The Balaban J connectivity index is 2.27. The van der Waals surface area contributed by atoms with E-state index in [0.717, 1.165) is 11.4 Å². The topological polar surface area (TPSA) is 16.1 Å². The highest BCUT2D eigenvalue weighted by atomic mass is 32.1. The van der Waals surface area contributed by atoms with E-state index in [4.69, 9.17) is 0 Å². The number of aryl methyl sites for hydroxylation is 1. The molecule has 84 valence electrons. The first kappa shape index (κ1) is 11.1. The van der Waals surface area contributed by atoms with Crippen LogP contribution in [-0.2, 0) is 6.42 Å². The fraction of sp³-hybridized carbons (Fsp3) is 0.308. The molecular weight excluding hydrogens is 216 g/mol. The van der Waals surface area contributed by atoms with Gasteiger partial charge in [0.25, 0.3) is 0 Å². The molecule has 0 amide bonds. The van der Waals surface area contributed by atoms with Gasteiger partial charge in [0.05, 0.1) is 0 Å². The molecule has 0 bridgehead atoms. The minimum absolute atomic E-state index is 1.06. The van der Waals surface area contributed by atoms with Crippen molar-refractivity contribution in [3.63, 3.8) is 0 Å². The maximum atomic E-state index is 4.44. The SMILES string of the molecule is CCc1cnc(-c2ccc(N(C)C)cc2)s1. The zero-order valence-corrected chi connectivity index (χ0v) is 10.7. The predicted molar refractivity (Wildman–Crippen MR) is 71.3 cm³/mol. The van der Waals surface area contributed by atoms with Crippen LogP contribution in [0.4, 0.5) is 5.69 Å². The van der Waals surface area contributed by atoms with E-state index in [1.165, 1.54) is 16.1 Å². The van der Waals surface area contributed by atoms with E-state index < -0.39 is 0 Å². The van der Waals surface area contributed by atoms with Crippen molar-refractivity contribution in [3.8, 4) is 10.6 Å². The highest BCUT2D eigenvalue weighted by Gasteiger charge is 2.03. The van der Waals surface area contributed by atoms with E-state index in [1.807, 2.05) is 20.3 Å². The van der Waals surface area contributed by atoms with Crippen LogP contribution in [0, 0.1) is 0 Å². The second kappa shape index (κ2) is 4.66. The standard InChI is InChI=1S/C13H16N2S/c1-4-12-9-14-13(16-12)10-5-7-11(8-6-10)15(2)3/h5-9H,4H2,1-3H3. The Bertz CT molecular complexity index is 457. The van der Waals surface area contributed by atoms with Gasteiger partial charge < -0.3 is 4.90 Å². The molecule has 0 saturated heterocycles. The molecule has 0 aliphatic carbocycles. The maximum Gasteiger partial charge on any atom is 0.123 e. The molecule has 0 spiro atoms. The van der Waals surface area contributed by atoms with Crippen LogP contribution in [0.5, 0.6) is 0 Å². The lowest BCUT2D eigenvalue weighted by Gasteiger charge is -2.11. The zero-order valence-electron chi connectivity index (χ0n) is 9.90. The summed E-state index contributed by atoms with van der Waals surface area (Å²) < 4.78 is 0. The van der Waals surface area contributed by atoms with Crippen LogP contribution >= 0.6 is 11.3 Å². The highest BCUT2D eigenvalue weighted by Crippen LogP contribution is 2.26. The number of rotatable bonds is 3. The van der Waals surface area contributed by atoms with Crippen molar-refractivity contribution in [2.75, 3.05) is 19.0 Å². The summed E-state index contributed by atoms with van der Waals surface area (Å²) in [6.07, 6.45) is 3.04. The molecule has 0 N–H and O–H groups in total. The van der Waals surface area contributed by atoms with Crippen LogP contribution in [0.2, 0.25) is 0 Å². The van der Waals surface area contributed by atoms with Crippen molar-refractivity contribution in [2.45, 2.75) is 13.3 Å². The van der Waals surface area contributed by atoms with Gasteiger partial charge in [0.1, 0.15) is 5.01 Å². The number of aromatic nitrogens is 1. The fourth-order valence-corrected chi connectivity index (χ4v) is 2.36. The Labute approximate surface area is 101 Å². The Morgan fingerprint density at radius 3 is 2.38 bits per heavy atom. The van der Waals surface area contributed by atoms with Crippen molar-refractivity contribution in [2.24, 2.45) is 0 Å². The van der Waals surface area contributed by atoms with Crippen molar-refractivity contribution in [1.29, 1.82) is 0 Å². The number of hydrogen-bond donors (Lipinski definition) is 0. The maximum absolute atomic E-state index is 4.44. The Morgan fingerprint density at radius 1 is 1.19 bits per heavy atom. The molecule has 2 aromatic rings. The van der Waals surface area contributed by atoms with Crippen LogP contribution in [0.1, 0.15) is 11.8 Å². The van der Waals surface area contributed by atoms with Gasteiger partial charge in [-0.25, -0.2) is 4.98 Å². The van der Waals surface area contributed by atoms with Crippen molar-refractivity contribution >= 4 is 17.0 Å². The monoisotopic (exact) mass is 232 g/mol. The third-order valence-corrected chi connectivity index (χ3v) is 3.72. The van der Waals surface area contributed by atoms with Gasteiger partial charge in [0.15, 0.2) is 0 Å². The van der Waals surface area contributed by atoms with Crippen molar-refractivity contribution in [3.05, 3.63) is 35.3 Å². The van der Waals surface area contributed by atoms with Gasteiger partial charge >= 0.3 is 0 Å². The van der Waals surface area contributed by atoms with E-state index in [-0.39, 0.29) is 0 Å². The normalized spacial score (nSPS) is 10.4. The van der Waals surface area contributed by atoms with Gasteiger partial charge in [0.2, 0.25) is 0 Å². The average Bonchev–Trinajstić information content (AvgIpc) is 2.77. The summed E-state index contributed by atoms with van der Waals surface area (Å²) in [7, 11) is 4.10. The minimum atomic E-state index is 1.06. The summed E-state index contributed by atoms with van der Waals surface area (Å²) in [5.74, 6) is 0. The van der Waals surface area contributed by atoms with E-state index in [1.54, 1.807) is 11.3 Å². The average molecular weight is 232 g/mol. The van der Waals surface area contributed by atoms with Crippen LogP contribution in [0.25, 0.3) is 10.6 Å². The summed E-state index contributed by atoms with van der Waals surface area (Å²) in [6.45, 7) is 2.16. The molecule has 0 atom stereocenters. The first-order valence-corrected chi connectivity index (χ1v) is 6.25. The molecule has 0 unspecified atom stereocenters. The molecule has 0 radical (unpaired) electrons. The lowest BCUT2D eigenvalue weighted by atomic mass is 10.2. The largest absolute Gasteiger partial charge is 0.378 e. The Hall–Kier alpha value is -1.35. The van der Waals surface area contributed by atoms with Crippen molar-refractivity contribution in [1.82, 2.24) is 4.98 Å². The Morgan fingerprint density at radius 2 is 1.88 bits per heavy atom. The van der Waals surface area contributed by atoms with Crippen molar-refractivity contribution < 1.29 is 0 Å². The second-order valence-corrected chi connectivity index (χ2v) is 5.04. The van der Waals surface area contributed by atoms with Crippen LogP contribution in [-0.4, -0.2) is 19.1 Å². The number of hydrogen-bond acceptors (Lipinski definition) is 3. The number of thiazole rings is 1. The fourth-order valence-electron chi connectivity index (χ4n) is 1.51. The molecule has 0 saturated carbocycles. The van der Waals surface area contributed by atoms with E-state index in [9.17, 15) is 0 Å². The molecule has 1 aromatic carbocycles. The highest BCUT2D eigenvalue weighted by molar-refractivity contribution is 7.15. The molecule has 2 rings (SSSR count). The van der Waals surface area contributed by atoms with Crippen LogP contribution in [0.3, 0.4) is 0 Å². The molecule has 16 heavy (non-hydrogen) atoms. The first-order valence-electron chi connectivity index (χ1n) is 5.43. The molecule has 0 fully saturated rings. The van der Waals surface area contributed by atoms with E-state index >= 15 is 0 Å². The lowest BCUT2D eigenvalue weighted by molar-refractivity contribution is 1.13. The molecule has 1 aromatic heterocycles. The van der Waals surface area contributed by atoms with Gasteiger partial charge in [0, 0.05) is 36.4 Å². The van der Waals surface area contributed by atoms with Gasteiger partial charge in [-0.15, -0.1) is 11.3 Å². The van der Waals surface area contributed by atoms with E-state index in [0.29, 0.717) is 0 Å². The summed E-state index contributed by atoms with van der Waals surface area (Å²) in [5.41, 5.74) is 2.42. The lowest BCUT2D eigenvalue weighted by Crippen LogP contribution is -2.07. The predicted octanol–water partition coefficient (Wildman–Crippen LogP) is 3.44. The smallest absolute Gasteiger partial charge is 0.123 e. The molecule has 1 heterocycles. The second-order valence-electron chi connectivity index (χ2n) is 3.93. The quantitative estimate of drug-likeness (QED) is 0.806. The molecule has 3 heteroatoms. The van der Waals surface area contributed by atoms with Crippen LogP contribution < -0.4 is 4.90 Å². The molecular formula is C13H16N2S. The number of nitrogens with zero attached hydrogens (tertiary/aromatic N) is 2.